The van der Waals surface area contributed by atoms with Crippen LogP contribution >= 0.6 is 15.9 Å². The van der Waals surface area contributed by atoms with E-state index in [9.17, 15) is 4.79 Å². The van der Waals surface area contributed by atoms with Gasteiger partial charge in [-0.25, -0.2) is 4.98 Å². The van der Waals surface area contributed by atoms with Crippen molar-refractivity contribution in [3.63, 3.8) is 0 Å². The maximum atomic E-state index is 11.7. The highest BCUT2D eigenvalue weighted by Crippen LogP contribution is 2.28. The first-order chi connectivity index (χ1) is 10.7. The van der Waals surface area contributed by atoms with Gasteiger partial charge >= 0.3 is 0 Å². The van der Waals surface area contributed by atoms with Crippen LogP contribution in [0.15, 0.2) is 39.4 Å². The number of unbranched alkanes of at least 4 members (excludes halogenated alkanes) is 1. The smallest absolute Gasteiger partial charge is 0.220 e. The highest BCUT2D eigenvalue weighted by molar-refractivity contribution is 9.10. The van der Waals surface area contributed by atoms with Crippen molar-refractivity contribution < 1.29 is 9.21 Å². The lowest BCUT2D eigenvalue weighted by atomic mass is 10.2. The third kappa shape index (κ3) is 4.96. The molecule has 118 valence electrons. The standard InChI is InChI=1S/C16H20BrN3O2/c17-13-6-2-1-5-12(13)14-11-20-16(22-14)8-7-15(21)19-10-4-3-9-18/h1-2,5-6,11H,3-4,7-10,18H2,(H,19,21). The average molecular weight is 366 g/mol. The van der Waals surface area contributed by atoms with Crippen molar-refractivity contribution in [1.29, 1.82) is 0 Å². The van der Waals surface area contributed by atoms with Gasteiger partial charge in [0, 0.05) is 29.4 Å². The van der Waals surface area contributed by atoms with Crippen molar-refractivity contribution in [2.75, 3.05) is 13.1 Å². The van der Waals surface area contributed by atoms with E-state index in [2.05, 4.69) is 26.2 Å². The molecule has 0 radical (unpaired) electrons. The highest BCUT2D eigenvalue weighted by atomic mass is 79.9. The Morgan fingerprint density at radius 1 is 1.32 bits per heavy atom. The van der Waals surface area contributed by atoms with Crippen LogP contribution in [0.3, 0.4) is 0 Å². The third-order valence-electron chi connectivity index (χ3n) is 3.21. The van der Waals surface area contributed by atoms with E-state index in [0.29, 0.717) is 37.6 Å². The highest BCUT2D eigenvalue weighted by Gasteiger charge is 2.10. The molecular formula is C16H20BrN3O2. The maximum absolute atomic E-state index is 11.7. The van der Waals surface area contributed by atoms with Crippen LogP contribution in [0.5, 0.6) is 0 Å². The molecule has 0 saturated carbocycles. The van der Waals surface area contributed by atoms with E-state index in [1.807, 2.05) is 24.3 Å². The van der Waals surface area contributed by atoms with Gasteiger partial charge < -0.3 is 15.5 Å². The fraction of sp³-hybridized carbons (Fsp3) is 0.375. The van der Waals surface area contributed by atoms with E-state index in [1.165, 1.54) is 0 Å². The Morgan fingerprint density at radius 2 is 2.14 bits per heavy atom. The van der Waals surface area contributed by atoms with Crippen molar-refractivity contribution in [3.05, 3.63) is 40.8 Å². The number of carbonyl (C=O) groups excluding carboxylic acids is 1. The van der Waals surface area contributed by atoms with Gasteiger partial charge in [0.2, 0.25) is 5.91 Å². The topological polar surface area (TPSA) is 81.1 Å². The summed E-state index contributed by atoms with van der Waals surface area (Å²) in [6, 6.07) is 7.79. The fourth-order valence-electron chi connectivity index (χ4n) is 2.02. The van der Waals surface area contributed by atoms with Crippen LogP contribution in [-0.2, 0) is 11.2 Å². The number of amides is 1. The molecule has 0 aliphatic rings. The van der Waals surface area contributed by atoms with Gasteiger partial charge in [-0.1, -0.05) is 34.1 Å². The van der Waals surface area contributed by atoms with E-state index >= 15 is 0 Å². The van der Waals surface area contributed by atoms with E-state index < -0.39 is 0 Å². The number of aromatic nitrogens is 1. The zero-order valence-electron chi connectivity index (χ0n) is 12.3. The number of hydrogen-bond donors (Lipinski definition) is 2. The van der Waals surface area contributed by atoms with E-state index in [-0.39, 0.29) is 5.91 Å². The number of nitrogens with two attached hydrogens (primary N) is 1. The summed E-state index contributed by atoms with van der Waals surface area (Å²) in [5.74, 6) is 1.28. The van der Waals surface area contributed by atoms with Crippen LogP contribution in [0.4, 0.5) is 0 Å². The van der Waals surface area contributed by atoms with Gasteiger partial charge in [0.25, 0.3) is 0 Å². The molecule has 0 aliphatic heterocycles. The summed E-state index contributed by atoms with van der Waals surface area (Å²) in [6.07, 6.45) is 4.39. The Labute approximate surface area is 138 Å². The maximum Gasteiger partial charge on any atom is 0.220 e. The van der Waals surface area contributed by atoms with Crippen LogP contribution in [0, 0.1) is 0 Å². The van der Waals surface area contributed by atoms with Crippen molar-refractivity contribution in [2.24, 2.45) is 5.73 Å². The van der Waals surface area contributed by atoms with Gasteiger partial charge in [-0.3, -0.25) is 4.79 Å². The molecule has 3 N–H and O–H groups in total. The van der Waals surface area contributed by atoms with Gasteiger partial charge in [0.1, 0.15) is 0 Å². The van der Waals surface area contributed by atoms with E-state index in [0.717, 1.165) is 22.9 Å². The summed E-state index contributed by atoms with van der Waals surface area (Å²) in [5, 5.41) is 2.86. The largest absolute Gasteiger partial charge is 0.441 e. The molecule has 0 bridgehead atoms. The number of oxazole rings is 1. The molecule has 1 aromatic heterocycles. The van der Waals surface area contributed by atoms with Crippen LogP contribution in [0.2, 0.25) is 0 Å². The Balaban J connectivity index is 1.83. The molecule has 0 spiro atoms. The molecule has 5 nitrogen and oxygen atoms in total. The van der Waals surface area contributed by atoms with Crippen molar-refractivity contribution in [2.45, 2.75) is 25.7 Å². The number of aryl methyl sites for hydroxylation is 1. The first-order valence-corrected chi connectivity index (χ1v) is 8.16. The van der Waals surface area contributed by atoms with Crippen LogP contribution in [0.1, 0.15) is 25.2 Å². The first-order valence-electron chi connectivity index (χ1n) is 7.37. The minimum absolute atomic E-state index is 0.0117. The predicted octanol–water partition coefficient (Wildman–Crippen LogP) is 2.89. The summed E-state index contributed by atoms with van der Waals surface area (Å²) in [6.45, 7) is 1.33. The fourth-order valence-corrected chi connectivity index (χ4v) is 2.50. The van der Waals surface area contributed by atoms with Crippen molar-refractivity contribution >= 4 is 21.8 Å². The second-order valence-corrected chi connectivity index (χ2v) is 5.80. The lowest BCUT2D eigenvalue weighted by molar-refractivity contribution is -0.121. The molecule has 0 aliphatic carbocycles. The molecule has 2 aromatic rings. The summed E-state index contributed by atoms with van der Waals surface area (Å²) >= 11 is 3.48. The van der Waals surface area contributed by atoms with Crippen LogP contribution in [0.25, 0.3) is 11.3 Å². The summed E-state index contributed by atoms with van der Waals surface area (Å²) in [7, 11) is 0. The lowest BCUT2D eigenvalue weighted by Gasteiger charge is -2.03. The monoisotopic (exact) mass is 365 g/mol. The van der Waals surface area contributed by atoms with Crippen molar-refractivity contribution in [3.8, 4) is 11.3 Å². The third-order valence-corrected chi connectivity index (χ3v) is 3.90. The molecule has 0 fully saturated rings. The molecule has 6 heteroatoms. The van der Waals surface area contributed by atoms with Gasteiger partial charge in [-0.2, -0.15) is 0 Å². The average Bonchev–Trinajstić information content (AvgIpc) is 2.99. The number of rotatable bonds is 8. The zero-order chi connectivity index (χ0) is 15.8. The van der Waals surface area contributed by atoms with E-state index in [1.54, 1.807) is 6.20 Å². The quantitative estimate of drug-likeness (QED) is 0.704. The Bertz CT molecular complexity index is 613. The normalized spacial score (nSPS) is 10.6. The molecular weight excluding hydrogens is 346 g/mol. The van der Waals surface area contributed by atoms with Crippen LogP contribution < -0.4 is 11.1 Å². The predicted molar refractivity (Wildman–Crippen MR) is 89.3 cm³/mol. The zero-order valence-corrected chi connectivity index (χ0v) is 13.9. The molecule has 1 aromatic carbocycles. The SMILES string of the molecule is NCCCCNC(=O)CCc1ncc(-c2ccccc2Br)o1. The van der Waals surface area contributed by atoms with Gasteiger partial charge in [0.05, 0.1) is 6.20 Å². The summed E-state index contributed by atoms with van der Waals surface area (Å²) < 4.78 is 6.66. The summed E-state index contributed by atoms with van der Waals surface area (Å²) in [4.78, 5) is 15.9. The Morgan fingerprint density at radius 3 is 2.91 bits per heavy atom. The Kier molecular flexibility index (Phi) is 6.61. The molecule has 0 saturated heterocycles. The summed E-state index contributed by atoms with van der Waals surface area (Å²) in [5.41, 5.74) is 6.36. The minimum atomic E-state index is 0.0117. The second-order valence-electron chi connectivity index (χ2n) is 4.94. The molecule has 1 heterocycles. The molecule has 1 amide bonds. The second kappa shape index (κ2) is 8.70. The Hall–Kier alpha value is -1.66. The number of nitrogens with one attached hydrogen (secondary N) is 1. The molecule has 22 heavy (non-hydrogen) atoms. The molecule has 2 rings (SSSR count). The van der Waals surface area contributed by atoms with E-state index in [4.69, 9.17) is 10.2 Å². The lowest BCUT2D eigenvalue weighted by Crippen LogP contribution is -2.25. The minimum Gasteiger partial charge on any atom is -0.441 e. The number of nitrogens with zero attached hydrogens (tertiary/aromatic N) is 1. The number of carbonyl (C=O) groups is 1. The van der Waals surface area contributed by atoms with Gasteiger partial charge in [-0.05, 0) is 25.5 Å². The number of halogens is 1. The van der Waals surface area contributed by atoms with Gasteiger partial charge in [-0.15, -0.1) is 0 Å². The number of hydrogen-bond acceptors (Lipinski definition) is 4. The number of benzene rings is 1. The molecule has 0 atom stereocenters. The van der Waals surface area contributed by atoms with Crippen LogP contribution in [-0.4, -0.2) is 24.0 Å². The van der Waals surface area contributed by atoms with Crippen molar-refractivity contribution in [1.82, 2.24) is 10.3 Å². The molecule has 0 unspecified atom stereocenters. The van der Waals surface area contributed by atoms with Gasteiger partial charge in [0.15, 0.2) is 11.7 Å². The first kappa shape index (κ1) is 16.7.